The van der Waals surface area contributed by atoms with Gasteiger partial charge in [0.2, 0.25) is 0 Å². The minimum absolute atomic E-state index is 0.0272. The molecule has 1 saturated heterocycles. The maximum atomic E-state index is 12.7. The molecule has 7 nitrogen and oxygen atoms in total. The molecule has 1 aliphatic rings. The topological polar surface area (TPSA) is 88.5 Å². The van der Waals surface area contributed by atoms with Crippen molar-refractivity contribution in [2.45, 2.75) is 23.1 Å². The van der Waals surface area contributed by atoms with Crippen LogP contribution in [0.4, 0.5) is 5.82 Å². The average molecular weight is 464 g/mol. The number of benzene rings is 1. The molecule has 4 aromatic rings. The normalized spacial score (nSPS) is 17.5. The second kappa shape index (κ2) is 6.11. The van der Waals surface area contributed by atoms with Crippen LogP contribution in [0.3, 0.4) is 0 Å². The summed E-state index contributed by atoms with van der Waals surface area (Å²) in [5.41, 5.74) is 1.37. The summed E-state index contributed by atoms with van der Waals surface area (Å²) in [5, 5.41) is 6.79. The summed E-state index contributed by atoms with van der Waals surface area (Å²) in [5.74, 6) is 1.19. The first-order valence-corrected chi connectivity index (χ1v) is 12.0. The van der Waals surface area contributed by atoms with Crippen LogP contribution in [0.1, 0.15) is 6.42 Å². The van der Waals surface area contributed by atoms with Gasteiger partial charge in [0.15, 0.2) is 0 Å². The summed E-state index contributed by atoms with van der Waals surface area (Å²) in [6.45, 7) is 0. The predicted octanol–water partition coefficient (Wildman–Crippen LogP) is 1.44. The number of imidazole rings is 1. The van der Waals surface area contributed by atoms with E-state index in [1.807, 2.05) is 24.3 Å². The van der Waals surface area contributed by atoms with E-state index in [4.69, 9.17) is 0 Å². The van der Waals surface area contributed by atoms with Crippen molar-refractivity contribution in [2.24, 2.45) is 0 Å². The van der Waals surface area contributed by atoms with E-state index >= 15 is 0 Å². The standard InChI is InChI=1S/C16H14N6OSe2/c23-15-10-3-1-2-4-11(10)25-22(15)16-20-13-12(17-8-18-13)14(21-16)19-9-5-6-24-7-9/h1-4,8-9H,5-7H2,(H2,17,18,19,20,21). The number of hydrogen-bond donors (Lipinski definition) is 2. The summed E-state index contributed by atoms with van der Waals surface area (Å²) < 4.78 is 2.76. The fourth-order valence-electron chi connectivity index (χ4n) is 2.96. The van der Waals surface area contributed by atoms with Gasteiger partial charge in [-0.3, -0.25) is 0 Å². The summed E-state index contributed by atoms with van der Waals surface area (Å²) in [4.78, 5) is 29.3. The third kappa shape index (κ3) is 2.64. The molecule has 3 aromatic heterocycles. The molecule has 5 rings (SSSR count). The van der Waals surface area contributed by atoms with Crippen molar-refractivity contribution in [1.29, 1.82) is 0 Å². The Morgan fingerprint density at radius 1 is 1.28 bits per heavy atom. The number of fused-ring (bicyclic) bond motifs is 2. The summed E-state index contributed by atoms with van der Waals surface area (Å²) in [7, 11) is 0. The van der Waals surface area contributed by atoms with Gasteiger partial charge in [-0.15, -0.1) is 0 Å². The van der Waals surface area contributed by atoms with E-state index in [0.717, 1.165) is 35.9 Å². The zero-order valence-corrected chi connectivity index (χ0v) is 16.5. The van der Waals surface area contributed by atoms with E-state index in [2.05, 4.69) is 25.3 Å². The molecule has 1 atom stereocenters. The molecule has 0 aliphatic carbocycles. The molecule has 126 valence electrons. The molecule has 0 bridgehead atoms. The molecule has 0 spiro atoms. The Bertz CT molecular complexity index is 1120. The van der Waals surface area contributed by atoms with Gasteiger partial charge in [-0.05, 0) is 0 Å². The van der Waals surface area contributed by atoms with Gasteiger partial charge in [-0.25, -0.2) is 0 Å². The van der Waals surface area contributed by atoms with Gasteiger partial charge in [0, 0.05) is 0 Å². The van der Waals surface area contributed by atoms with Crippen molar-refractivity contribution in [3.63, 3.8) is 0 Å². The molecule has 1 fully saturated rings. The van der Waals surface area contributed by atoms with Crippen molar-refractivity contribution in [3.8, 4) is 5.95 Å². The third-order valence-electron chi connectivity index (χ3n) is 4.22. The molecule has 0 amide bonds. The van der Waals surface area contributed by atoms with Crippen LogP contribution in [0, 0.1) is 0 Å². The third-order valence-corrected chi connectivity index (χ3v) is 8.89. The van der Waals surface area contributed by atoms with Crippen LogP contribution in [-0.4, -0.2) is 59.2 Å². The van der Waals surface area contributed by atoms with Crippen molar-refractivity contribution in [2.75, 3.05) is 5.32 Å². The first-order valence-electron chi connectivity index (χ1n) is 7.96. The first-order chi connectivity index (χ1) is 12.3. The monoisotopic (exact) mass is 466 g/mol. The number of rotatable bonds is 3. The summed E-state index contributed by atoms with van der Waals surface area (Å²) >= 11 is 0.571. The molecule has 9 heteroatoms. The Hall–Kier alpha value is -1.92. The number of anilines is 1. The fraction of sp³-hybridized carbons (Fsp3) is 0.250. The van der Waals surface area contributed by atoms with Crippen LogP contribution < -0.4 is 10.9 Å². The van der Waals surface area contributed by atoms with Gasteiger partial charge >= 0.3 is 155 Å². The number of nitrogens with zero attached hydrogens (tertiary/aromatic N) is 4. The molecular weight excluding hydrogens is 450 g/mol. The second-order valence-electron chi connectivity index (χ2n) is 5.87. The summed E-state index contributed by atoms with van der Waals surface area (Å²) in [6, 6.07) is 8.17. The zero-order chi connectivity index (χ0) is 16.8. The molecule has 1 aromatic carbocycles. The zero-order valence-electron chi connectivity index (χ0n) is 13.1. The molecule has 2 N–H and O–H groups in total. The Morgan fingerprint density at radius 3 is 3.04 bits per heavy atom. The first kappa shape index (κ1) is 15.3. The van der Waals surface area contributed by atoms with Crippen LogP contribution in [-0.2, 0) is 0 Å². The average Bonchev–Trinajstić information content (AvgIpc) is 3.35. The number of nitrogens with one attached hydrogen (secondary N) is 2. The van der Waals surface area contributed by atoms with Gasteiger partial charge in [0.1, 0.15) is 0 Å². The van der Waals surface area contributed by atoms with Gasteiger partial charge in [-0.1, -0.05) is 0 Å². The van der Waals surface area contributed by atoms with Gasteiger partial charge in [0.25, 0.3) is 0 Å². The van der Waals surface area contributed by atoms with Crippen LogP contribution in [0.25, 0.3) is 26.8 Å². The minimum atomic E-state index is -0.147. The molecular formula is C16H14N6OSe2. The Labute approximate surface area is 155 Å². The number of aromatic nitrogens is 5. The fourth-order valence-corrected chi connectivity index (χ4v) is 7.34. The maximum absolute atomic E-state index is 12.7. The number of H-pyrrole nitrogens is 1. The Morgan fingerprint density at radius 2 is 2.20 bits per heavy atom. The van der Waals surface area contributed by atoms with Crippen molar-refractivity contribution >= 4 is 56.3 Å². The molecule has 25 heavy (non-hydrogen) atoms. The molecule has 4 heterocycles. The van der Waals surface area contributed by atoms with Crippen LogP contribution in [0.5, 0.6) is 0 Å². The second-order valence-corrected chi connectivity index (χ2v) is 10.3. The van der Waals surface area contributed by atoms with Gasteiger partial charge < -0.3 is 0 Å². The number of aromatic amines is 1. The van der Waals surface area contributed by atoms with Crippen LogP contribution in [0.2, 0.25) is 10.6 Å². The van der Waals surface area contributed by atoms with Crippen molar-refractivity contribution in [3.05, 3.63) is 40.9 Å². The molecule has 0 radical (unpaired) electrons. The summed E-state index contributed by atoms with van der Waals surface area (Å²) in [6.07, 6.45) is 2.80. The predicted molar refractivity (Wildman–Crippen MR) is 99.1 cm³/mol. The quantitative estimate of drug-likeness (QED) is 0.448. The van der Waals surface area contributed by atoms with E-state index < -0.39 is 0 Å². The number of hydrogen-bond acceptors (Lipinski definition) is 5. The Kier molecular flexibility index (Phi) is 3.75. The molecule has 1 aliphatic heterocycles. The van der Waals surface area contributed by atoms with Crippen molar-refractivity contribution in [1.82, 2.24) is 23.5 Å². The van der Waals surface area contributed by atoms with Crippen LogP contribution >= 0.6 is 0 Å². The Balaban J connectivity index is 1.67. The van der Waals surface area contributed by atoms with Gasteiger partial charge in [-0.2, -0.15) is 0 Å². The van der Waals surface area contributed by atoms with E-state index in [1.54, 1.807) is 9.89 Å². The van der Waals surface area contributed by atoms with E-state index in [-0.39, 0.29) is 20.3 Å². The van der Waals surface area contributed by atoms with Crippen LogP contribution in [0.15, 0.2) is 35.4 Å². The molecule has 1 unspecified atom stereocenters. The van der Waals surface area contributed by atoms with Gasteiger partial charge in [0.05, 0.1) is 0 Å². The van der Waals surface area contributed by atoms with E-state index in [0.29, 0.717) is 17.6 Å². The van der Waals surface area contributed by atoms with E-state index in [9.17, 15) is 4.79 Å². The van der Waals surface area contributed by atoms with E-state index in [1.165, 1.54) is 17.1 Å². The van der Waals surface area contributed by atoms with Crippen molar-refractivity contribution < 1.29 is 0 Å². The SMILES string of the molecule is O=c1c2ccccc2[se]n1-c1nc(NC2CC[Se]C2)c2[nH]cnc2n1. The molecule has 0 saturated carbocycles.